The van der Waals surface area contributed by atoms with Gasteiger partial charge < -0.3 is 14.7 Å². The summed E-state index contributed by atoms with van der Waals surface area (Å²) in [4.78, 5) is 5.69. The number of aryl methyl sites for hydroxylation is 1. The van der Waals surface area contributed by atoms with Gasteiger partial charge in [-0.1, -0.05) is 5.21 Å². The highest BCUT2D eigenvalue weighted by Crippen LogP contribution is 2.39. The lowest BCUT2D eigenvalue weighted by molar-refractivity contribution is -0.258. The van der Waals surface area contributed by atoms with E-state index in [4.69, 9.17) is 4.74 Å². The lowest BCUT2D eigenvalue weighted by atomic mass is 9.93. The first-order valence-corrected chi connectivity index (χ1v) is 12.2. The average Bonchev–Trinajstić information content (AvgIpc) is 3.24. The molecule has 4 rings (SSSR count). The van der Waals surface area contributed by atoms with Crippen LogP contribution in [0.2, 0.25) is 0 Å². The maximum atomic E-state index is 13.9. The number of nitriles is 1. The number of halogens is 6. The zero-order valence-electron chi connectivity index (χ0n) is 21.1. The van der Waals surface area contributed by atoms with Crippen LogP contribution in [0.3, 0.4) is 0 Å². The number of aliphatic hydroxyl groups is 1. The van der Waals surface area contributed by atoms with Crippen molar-refractivity contribution < 1.29 is 36.2 Å². The van der Waals surface area contributed by atoms with Crippen LogP contribution in [0.4, 0.5) is 26.3 Å². The largest absolute Gasteiger partial charge is 0.493 e. The Labute approximate surface area is 219 Å². The number of hydrogen-bond acceptors (Lipinski definition) is 7. The number of fused-ring (bicyclic) bond motifs is 1. The Hall–Kier alpha value is -3.44. The summed E-state index contributed by atoms with van der Waals surface area (Å²) in [6.07, 6.45) is -7.94. The lowest BCUT2D eigenvalue weighted by Crippen LogP contribution is -2.52. The van der Waals surface area contributed by atoms with E-state index < -0.39 is 30.1 Å². The number of benzene rings is 1. The second-order valence-corrected chi connectivity index (χ2v) is 9.89. The molecule has 1 unspecified atom stereocenters. The van der Waals surface area contributed by atoms with Crippen molar-refractivity contribution >= 4 is 11.0 Å². The topological polar surface area (TPSA) is 100 Å². The molecule has 14 heteroatoms. The van der Waals surface area contributed by atoms with Crippen molar-refractivity contribution in [3.05, 3.63) is 35.5 Å². The molecule has 1 N–H and O–H groups in total. The Balaban J connectivity index is 1.42. The first-order chi connectivity index (χ1) is 18.2. The fourth-order valence-electron chi connectivity index (χ4n) is 4.59. The van der Waals surface area contributed by atoms with Gasteiger partial charge in [0, 0.05) is 19.2 Å². The minimum atomic E-state index is -4.74. The third-order valence-corrected chi connectivity index (χ3v) is 6.92. The van der Waals surface area contributed by atoms with Crippen LogP contribution in [-0.2, 0) is 13.2 Å². The number of hydrogen-bond donors (Lipinski definition) is 1. The molecule has 3 heterocycles. The average molecular weight is 557 g/mol. The molecule has 0 aliphatic carbocycles. The summed E-state index contributed by atoms with van der Waals surface area (Å²) in [5.74, 6) is -0.285. The van der Waals surface area contributed by atoms with Gasteiger partial charge in [0.15, 0.2) is 11.3 Å². The van der Waals surface area contributed by atoms with Gasteiger partial charge in [-0.3, -0.25) is 0 Å². The lowest BCUT2D eigenvalue weighted by Gasteiger charge is -2.37. The molecule has 1 aliphatic rings. The summed E-state index contributed by atoms with van der Waals surface area (Å²) in [6, 6.07) is 6.95. The molecule has 210 valence electrons. The number of nitrogens with zero attached hydrogens (tertiary/aromatic N) is 6. The van der Waals surface area contributed by atoms with Gasteiger partial charge in [0.2, 0.25) is 0 Å². The van der Waals surface area contributed by atoms with Gasteiger partial charge in [-0.05, 0) is 69.5 Å². The molecule has 1 saturated heterocycles. The fourth-order valence-corrected chi connectivity index (χ4v) is 4.59. The van der Waals surface area contributed by atoms with E-state index in [-0.39, 0.29) is 40.7 Å². The van der Waals surface area contributed by atoms with Crippen LogP contribution in [0.25, 0.3) is 22.3 Å². The molecule has 0 bridgehead atoms. The quantitative estimate of drug-likeness (QED) is 0.421. The van der Waals surface area contributed by atoms with Crippen LogP contribution in [0.5, 0.6) is 5.75 Å². The molecule has 8 nitrogen and oxygen atoms in total. The Bertz CT molecular complexity index is 1370. The predicted molar refractivity (Wildman–Crippen MR) is 127 cm³/mol. The molecule has 2 aromatic heterocycles. The maximum absolute atomic E-state index is 13.9. The molecule has 1 fully saturated rings. The van der Waals surface area contributed by atoms with E-state index in [1.807, 2.05) is 6.07 Å². The molecule has 0 saturated carbocycles. The van der Waals surface area contributed by atoms with Gasteiger partial charge in [-0.25, -0.2) is 9.67 Å². The molecule has 0 spiro atoms. The highest BCUT2D eigenvalue weighted by Gasteiger charge is 2.50. The van der Waals surface area contributed by atoms with E-state index in [0.717, 1.165) is 13.0 Å². The Morgan fingerprint density at radius 3 is 2.44 bits per heavy atom. The second-order valence-electron chi connectivity index (χ2n) is 9.89. The van der Waals surface area contributed by atoms with Crippen LogP contribution in [0, 0.1) is 17.2 Å². The SMILES string of the molecule is Cn1nnc2c(C#N)nc(-c3ccc(OCCC4CCN(CC(C)(O)C(F)(F)F)CC4)c(C(F)(F)F)c3)cc21. The third kappa shape index (κ3) is 6.25. The molecular formula is C25H26F6N6O2. The zero-order valence-corrected chi connectivity index (χ0v) is 21.1. The Morgan fingerprint density at radius 2 is 1.82 bits per heavy atom. The number of rotatable bonds is 7. The smallest absolute Gasteiger partial charge is 0.419 e. The molecule has 3 aromatic rings. The molecule has 0 radical (unpaired) electrons. The van der Waals surface area contributed by atoms with Crippen molar-refractivity contribution in [2.75, 3.05) is 26.2 Å². The second kappa shape index (κ2) is 10.6. The number of piperidine rings is 1. The summed E-state index contributed by atoms with van der Waals surface area (Å²) in [5, 5.41) is 26.8. The monoisotopic (exact) mass is 556 g/mol. The predicted octanol–water partition coefficient (Wildman–Crippen LogP) is 4.71. The summed E-state index contributed by atoms with van der Waals surface area (Å²) in [6.45, 7) is 0.886. The van der Waals surface area contributed by atoms with E-state index >= 15 is 0 Å². The van der Waals surface area contributed by atoms with Crippen molar-refractivity contribution in [1.29, 1.82) is 5.26 Å². The minimum absolute atomic E-state index is 0.00314. The van der Waals surface area contributed by atoms with Crippen LogP contribution in [0.15, 0.2) is 24.3 Å². The van der Waals surface area contributed by atoms with Crippen molar-refractivity contribution in [2.45, 2.75) is 44.1 Å². The van der Waals surface area contributed by atoms with E-state index in [9.17, 15) is 36.7 Å². The van der Waals surface area contributed by atoms with Gasteiger partial charge in [0.05, 0.1) is 23.4 Å². The van der Waals surface area contributed by atoms with Gasteiger partial charge >= 0.3 is 12.4 Å². The van der Waals surface area contributed by atoms with E-state index in [1.54, 1.807) is 7.05 Å². The van der Waals surface area contributed by atoms with E-state index in [1.165, 1.54) is 27.8 Å². The number of aromatic nitrogens is 4. The zero-order chi connectivity index (χ0) is 28.6. The summed E-state index contributed by atoms with van der Waals surface area (Å²) >= 11 is 0. The van der Waals surface area contributed by atoms with Crippen molar-refractivity contribution in [3.63, 3.8) is 0 Å². The number of ether oxygens (including phenoxy) is 1. The normalized spacial score (nSPS) is 17.2. The van der Waals surface area contributed by atoms with Crippen molar-refractivity contribution in [3.8, 4) is 23.1 Å². The standard InChI is InChI=1S/C25H26F6N6O2/c1-23(38,25(29,30)31)14-37-8-5-15(6-9-37)7-10-39-21-4-3-16(11-17(21)24(26,27)28)18-12-20-22(19(13-32)33-18)34-35-36(20)2/h3-4,11-12,15,38H,5-10,14H2,1-2H3. The molecule has 1 aromatic carbocycles. The molecule has 1 aliphatic heterocycles. The van der Waals surface area contributed by atoms with Crippen molar-refractivity contribution in [2.24, 2.45) is 13.0 Å². The highest BCUT2D eigenvalue weighted by atomic mass is 19.4. The minimum Gasteiger partial charge on any atom is -0.493 e. The molecule has 0 amide bonds. The van der Waals surface area contributed by atoms with Crippen LogP contribution in [0.1, 0.15) is 37.4 Å². The first-order valence-electron chi connectivity index (χ1n) is 12.2. The van der Waals surface area contributed by atoms with Gasteiger partial charge in [-0.2, -0.15) is 31.6 Å². The number of likely N-dealkylation sites (tertiary alicyclic amines) is 1. The van der Waals surface area contributed by atoms with E-state index in [0.29, 0.717) is 37.9 Å². The van der Waals surface area contributed by atoms with Crippen molar-refractivity contribution in [1.82, 2.24) is 24.9 Å². The molecular weight excluding hydrogens is 530 g/mol. The number of β-amino-alcohol motifs (C(OH)–C–C–N with tert-alkyl or cyclic N) is 1. The van der Waals surface area contributed by atoms with Gasteiger partial charge in [-0.15, -0.1) is 5.10 Å². The third-order valence-electron chi connectivity index (χ3n) is 6.92. The van der Waals surface area contributed by atoms with Crippen LogP contribution >= 0.6 is 0 Å². The highest BCUT2D eigenvalue weighted by molar-refractivity contribution is 5.83. The molecule has 1 atom stereocenters. The summed E-state index contributed by atoms with van der Waals surface area (Å²) < 4.78 is 87.5. The van der Waals surface area contributed by atoms with Gasteiger partial charge in [0.1, 0.15) is 17.3 Å². The van der Waals surface area contributed by atoms with Crippen LogP contribution in [-0.4, -0.2) is 68.0 Å². The maximum Gasteiger partial charge on any atom is 0.419 e. The first kappa shape index (κ1) is 28.6. The number of pyridine rings is 1. The fraction of sp³-hybridized carbons (Fsp3) is 0.520. The number of alkyl halides is 6. The Morgan fingerprint density at radius 1 is 1.13 bits per heavy atom. The molecule has 39 heavy (non-hydrogen) atoms. The van der Waals surface area contributed by atoms with E-state index in [2.05, 4.69) is 15.3 Å². The Kier molecular flexibility index (Phi) is 7.77. The summed E-state index contributed by atoms with van der Waals surface area (Å²) in [7, 11) is 1.59. The summed E-state index contributed by atoms with van der Waals surface area (Å²) in [5.41, 5.74) is -2.89. The van der Waals surface area contributed by atoms with Gasteiger partial charge in [0.25, 0.3) is 0 Å². The van der Waals surface area contributed by atoms with Crippen LogP contribution < -0.4 is 4.74 Å².